The molecule has 0 bridgehead atoms. The Kier molecular flexibility index (Phi) is 8.23. The summed E-state index contributed by atoms with van der Waals surface area (Å²) in [5.41, 5.74) is 5.84. The van der Waals surface area contributed by atoms with Gasteiger partial charge in [0.05, 0.1) is 23.5 Å². The van der Waals surface area contributed by atoms with Gasteiger partial charge in [-0.15, -0.1) is 0 Å². The summed E-state index contributed by atoms with van der Waals surface area (Å²) >= 11 is 0. The molecule has 37 heavy (non-hydrogen) atoms. The topological polar surface area (TPSA) is 81.6 Å². The molecule has 0 saturated heterocycles. The van der Waals surface area contributed by atoms with E-state index in [1.807, 2.05) is 54.9 Å². The second kappa shape index (κ2) is 12.1. The number of hydrogen-bond acceptors (Lipinski definition) is 5. The molecule has 192 valence electrons. The van der Waals surface area contributed by atoms with Crippen LogP contribution in [0.3, 0.4) is 0 Å². The fourth-order valence-electron chi connectivity index (χ4n) is 5.59. The van der Waals surface area contributed by atoms with Crippen LogP contribution in [0.1, 0.15) is 47.0 Å². The van der Waals surface area contributed by atoms with Crippen molar-refractivity contribution in [2.24, 2.45) is 0 Å². The summed E-state index contributed by atoms with van der Waals surface area (Å²) in [6.07, 6.45) is 11.1. The van der Waals surface area contributed by atoms with Crippen LogP contribution in [0, 0.1) is 0 Å². The molecule has 0 spiro atoms. The number of hydrogen-bond donors (Lipinski definition) is 2. The lowest BCUT2D eigenvalue weighted by molar-refractivity contribution is 0.0837. The first-order valence-corrected chi connectivity index (χ1v) is 13.2. The highest BCUT2D eigenvalue weighted by Gasteiger charge is 2.34. The molecule has 7 nitrogen and oxygen atoms in total. The normalized spacial score (nSPS) is 19.1. The molecular formula is C30H35N5O2. The molecule has 0 radical (unpaired) electrons. The van der Waals surface area contributed by atoms with Gasteiger partial charge in [0.2, 0.25) is 0 Å². The van der Waals surface area contributed by atoms with E-state index in [0.29, 0.717) is 13.1 Å². The van der Waals surface area contributed by atoms with Crippen molar-refractivity contribution in [2.45, 2.75) is 50.9 Å². The highest BCUT2D eigenvalue weighted by Crippen LogP contribution is 2.34. The molecule has 2 aromatic heterocycles. The number of carbonyl (C=O) groups is 1. The van der Waals surface area contributed by atoms with Crippen molar-refractivity contribution in [3.8, 4) is 0 Å². The fourth-order valence-corrected chi connectivity index (χ4v) is 5.59. The zero-order valence-electron chi connectivity index (χ0n) is 21.2. The van der Waals surface area contributed by atoms with Crippen molar-refractivity contribution in [2.75, 3.05) is 19.6 Å². The zero-order chi connectivity index (χ0) is 25.5. The van der Waals surface area contributed by atoms with E-state index in [1.165, 1.54) is 11.1 Å². The standard InChI is InChI=1S/C30H35N5O2/c36-30(37)35-21-25-10-2-1-9-24(25)19-27(35)22-34(28-14-7-11-23-12-8-17-33-29(23)28)18-6-5-15-31-20-26-13-3-4-16-32-26/h1-6,8-10,12-13,16-17,27-28,31H,7,11,14-15,18-22H2,(H,36,37)/b6-5+/t27-,28+/m1/s1. The Morgan fingerprint density at radius 2 is 1.84 bits per heavy atom. The Labute approximate surface area is 218 Å². The second-order valence-corrected chi connectivity index (χ2v) is 9.87. The van der Waals surface area contributed by atoms with Gasteiger partial charge in [-0.25, -0.2) is 4.79 Å². The summed E-state index contributed by atoms with van der Waals surface area (Å²) in [5.74, 6) is 0. The summed E-state index contributed by atoms with van der Waals surface area (Å²) < 4.78 is 0. The molecular weight excluding hydrogens is 462 g/mol. The molecule has 1 aliphatic heterocycles. The molecule has 2 N–H and O–H groups in total. The lowest BCUT2D eigenvalue weighted by Crippen LogP contribution is -2.50. The molecule has 0 fully saturated rings. The molecule has 2 aliphatic rings. The van der Waals surface area contributed by atoms with Gasteiger partial charge in [0.1, 0.15) is 0 Å². The van der Waals surface area contributed by atoms with Gasteiger partial charge in [0.15, 0.2) is 0 Å². The van der Waals surface area contributed by atoms with Crippen molar-refractivity contribution in [3.63, 3.8) is 0 Å². The lowest BCUT2D eigenvalue weighted by Gasteiger charge is -2.41. The third-order valence-electron chi connectivity index (χ3n) is 7.45. The molecule has 1 aromatic carbocycles. The van der Waals surface area contributed by atoms with Crippen molar-refractivity contribution >= 4 is 6.09 Å². The van der Waals surface area contributed by atoms with Crippen LogP contribution in [-0.4, -0.2) is 56.6 Å². The number of carboxylic acid groups (broad SMARTS) is 1. The van der Waals surface area contributed by atoms with E-state index >= 15 is 0 Å². The van der Waals surface area contributed by atoms with Crippen LogP contribution in [0.25, 0.3) is 0 Å². The number of amides is 1. The van der Waals surface area contributed by atoms with Gasteiger partial charge in [-0.05, 0) is 60.6 Å². The molecule has 1 amide bonds. The molecule has 2 atom stereocenters. The zero-order valence-corrected chi connectivity index (χ0v) is 21.2. The van der Waals surface area contributed by atoms with Crippen LogP contribution in [0.2, 0.25) is 0 Å². The number of rotatable bonds is 9. The van der Waals surface area contributed by atoms with Crippen LogP contribution in [-0.2, 0) is 25.9 Å². The number of benzene rings is 1. The van der Waals surface area contributed by atoms with Crippen LogP contribution in [0.4, 0.5) is 4.79 Å². The van der Waals surface area contributed by atoms with Crippen molar-refractivity contribution in [1.82, 2.24) is 25.1 Å². The quantitative estimate of drug-likeness (QED) is 0.332. The monoisotopic (exact) mass is 497 g/mol. The molecule has 3 aromatic rings. The van der Waals surface area contributed by atoms with Crippen molar-refractivity contribution in [3.05, 3.63) is 107 Å². The van der Waals surface area contributed by atoms with Crippen LogP contribution >= 0.6 is 0 Å². The van der Waals surface area contributed by atoms with E-state index in [4.69, 9.17) is 4.98 Å². The van der Waals surface area contributed by atoms with Crippen molar-refractivity contribution < 1.29 is 9.90 Å². The Morgan fingerprint density at radius 3 is 2.68 bits per heavy atom. The van der Waals surface area contributed by atoms with Crippen LogP contribution in [0.15, 0.2) is 79.1 Å². The molecule has 0 saturated carbocycles. The average Bonchev–Trinajstić information content (AvgIpc) is 2.94. The van der Waals surface area contributed by atoms with Gasteiger partial charge in [-0.1, -0.05) is 48.6 Å². The highest BCUT2D eigenvalue weighted by atomic mass is 16.4. The van der Waals surface area contributed by atoms with Gasteiger partial charge in [-0.2, -0.15) is 0 Å². The van der Waals surface area contributed by atoms with E-state index in [0.717, 1.165) is 62.3 Å². The van der Waals surface area contributed by atoms with Gasteiger partial charge >= 0.3 is 6.09 Å². The number of aromatic nitrogens is 2. The van der Waals surface area contributed by atoms with Crippen molar-refractivity contribution in [1.29, 1.82) is 0 Å². The maximum absolute atomic E-state index is 12.2. The Hall–Kier alpha value is -3.55. The number of pyridine rings is 2. The lowest BCUT2D eigenvalue weighted by atomic mass is 9.89. The first-order valence-electron chi connectivity index (χ1n) is 13.2. The largest absolute Gasteiger partial charge is 0.465 e. The maximum Gasteiger partial charge on any atom is 0.407 e. The third kappa shape index (κ3) is 6.24. The van der Waals surface area contributed by atoms with E-state index in [-0.39, 0.29) is 12.1 Å². The Balaban J connectivity index is 1.31. The predicted octanol–water partition coefficient (Wildman–Crippen LogP) is 4.61. The fraction of sp³-hybridized carbons (Fsp3) is 0.367. The minimum absolute atomic E-state index is 0.0998. The van der Waals surface area contributed by atoms with Crippen LogP contribution < -0.4 is 5.32 Å². The SMILES string of the molecule is O=C(O)N1Cc2ccccc2C[C@@H]1CN(C/C=C/CNCc1ccccn1)[C@H]1CCCc2cccnc21. The van der Waals surface area contributed by atoms with Gasteiger partial charge < -0.3 is 10.4 Å². The number of nitrogens with zero attached hydrogens (tertiary/aromatic N) is 4. The van der Waals surface area contributed by atoms with Crippen LogP contribution in [0.5, 0.6) is 0 Å². The molecule has 3 heterocycles. The van der Waals surface area contributed by atoms with Gasteiger partial charge in [0.25, 0.3) is 0 Å². The first-order chi connectivity index (χ1) is 18.2. The van der Waals surface area contributed by atoms with E-state index in [2.05, 4.69) is 39.5 Å². The highest BCUT2D eigenvalue weighted by molar-refractivity contribution is 5.66. The number of aryl methyl sites for hydroxylation is 1. The number of nitrogens with one attached hydrogen (secondary N) is 1. The van der Waals surface area contributed by atoms with Gasteiger partial charge in [-0.3, -0.25) is 19.8 Å². The third-order valence-corrected chi connectivity index (χ3v) is 7.45. The average molecular weight is 498 g/mol. The summed E-state index contributed by atoms with van der Waals surface area (Å²) in [6, 6.07) is 18.4. The first kappa shape index (κ1) is 25.1. The summed E-state index contributed by atoms with van der Waals surface area (Å²) in [5, 5.41) is 13.5. The van der Waals surface area contributed by atoms with E-state index < -0.39 is 6.09 Å². The van der Waals surface area contributed by atoms with Gasteiger partial charge in [0, 0.05) is 45.1 Å². The summed E-state index contributed by atoms with van der Waals surface area (Å²) in [7, 11) is 0. The summed E-state index contributed by atoms with van der Waals surface area (Å²) in [4.78, 5) is 25.4. The Morgan fingerprint density at radius 1 is 1.03 bits per heavy atom. The summed E-state index contributed by atoms with van der Waals surface area (Å²) in [6.45, 7) is 3.34. The maximum atomic E-state index is 12.2. The molecule has 5 rings (SSSR count). The minimum Gasteiger partial charge on any atom is -0.465 e. The minimum atomic E-state index is -0.851. The van der Waals surface area contributed by atoms with E-state index in [1.54, 1.807) is 4.90 Å². The number of fused-ring (bicyclic) bond motifs is 2. The molecule has 7 heteroatoms. The van der Waals surface area contributed by atoms with E-state index in [9.17, 15) is 9.90 Å². The molecule has 0 unspecified atom stereocenters. The second-order valence-electron chi connectivity index (χ2n) is 9.87. The molecule has 1 aliphatic carbocycles. The Bertz CT molecular complexity index is 1220. The predicted molar refractivity (Wildman–Crippen MR) is 144 cm³/mol. The smallest absolute Gasteiger partial charge is 0.407 e.